The molecule has 4 nitrogen and oxygen atoms in total. The minimum atomic E-state index is -0.198. The largest absolute Gasteiger partial charge is 0.466 e. The van der Waals surface area contributed by atoms with Crippen molar-refractivity contribution >= 4 is 34.5 Å². The monoisotopic (exact) mass is 286 g/mol. The van der Waals surface area contributed by atoms with E-state index in [0.29, 0.717) is 24.6 Å². The molecule has 18 heavy (non-hydrogen) atoms. The highest BCUT2D eigenvalue weighted by molar-refractivity contribution is 7.80. The molecule has 6 heteroatoms. The summed E-state index contributed by atoms with van der Waals surface area (Å²) in [5.74, 6) is -0.198. The first-order valence-corrected chi connectivity index (χ1v) is 7.08. The van der Waals surface area contributed by atoms with Crippen LogP contribution in [0.25, 0.3) is 0 Å². The summed E-state index contributed by atoms with van der Waals surface area (Å²) in [6.45, 7) is 2.77. The molecular formula is C12H18N2O2S2. The van der Waals surface area contributed by atoms with Crippen molar-refractivity contribution in [2.75, 3.05) is 20.2 Å². The Morgan fingerprint density at radius 2 is 2.39 bits per heavy atom. The van der Waals surface area contributed by atoms with Gasteiger partial charge in [0.15, 0.2) is 0 Å². The Hall–Kier alpha value is -0.980. The molecule has 1 atom stereocenters. The van der Waals surface area contributed by atoms with E-state index in [-0.39, 0.29) is 12.0 Å². The maximum Gasteiger partial charge on any atom is 0.307 e. The second-order valence-electron chi connectivity index (χ2n) is 3.90. The van der Waals surface area contributed by atoms with Gasteiger partial charge >= 0.3 is 5.97 Å². The molecule has 1 heterocycles. The van der Waals surface area contributed by atoms with Gasteiger partial charge in [-0.3, -0.25) is 9.69 Å². The van der Waals surface area contributed by atoms with Crippen molar-refractivity contribution in [1.82, 2.24) is 4.90 Å². The molecular weight excluding hydrogens is 268 g/mol. The van der Waals surface area contributed by atoms with E-state index >= 15 is 0 Å². The van der Waals surface area contributed by atoms with Gasteiger partial charge in [-0.15, -0.1) is 0 Å². The van der Waals surface area contributed by atoms with Crippen molar-refractivity contribution in [1.29, 1.82) is 0 Å². The number of carbonyl (C=O) groups is 1. The zero-order chi connectivity index (χ0) is 13.5. The highest BCUT2D eigenvalue weighted by Gasteiger charge is 2.20. The summed E-state index contributed by atoms with van der Waals surface area (Å²) < 4.78 is 4.90. The van der Waals surface area contributed by atoms with E-state index in [4.69, 9.17) is 22.7 Å². The highest BCUT2D eigenvalue weighted by Crippen LogP contribution is 2.22. The van der Waals surface area contributed by atoms with E-state index in [1.807, 2.05) is 28.8 Å². The molecule has 1 aromatic rings. The van der Waals surface area contributed by atoms with Crippen LogP contribution in [0.15, 0.2) is 16.8 Å². The number of hydrogen-bond acceptors (Lipinski definition) is 5. The van der Waals surface area contributed by atoms with Crippen LogP contribution in [0, 0.1) is 0 Å². The van der Waals surface area contributed by atoms with E-state index in [2.05, 4.69) is 0 Å². The molecule has 0 aromatic carbocycles. The van der Waals surface area contributed by atoms with E-state index in [1.54, 1.807) is 18.3 Å². The van der Waals surface area contributed by atoms with Crippen molar-refractivity contribution in [2.24, 2.45) is 5.73 Å². The van der Waals surface area contributed by atoms with Crippen LogP contribution in [-0.2, 0) is 9.53 Å². The number of thiocarbonyl (C=S) groups is 1. The average molecular weight is 286 g/mol. The van der Waals surface area contributed by atoms with Crippen LogP contribution in [-0.4, -0.2) is 36.1 Å². The predicted molar refractivity (Wildman–Crippen MR) is 77.7 cm³/mol. The first kappa shape index (κ1) is 15.1. The molecule has 1 rings (SSSR count). The highest BCUT2D eigenvalue weighted by atomic mass is 32.1. The van der Waals surface area contributed by atoms with Gasteiger partial charge in [-0.1, -0.05) is 12.2 Å². The first-order valence-electron chi connectivity index (χ1n) is 5.73. The fourth-order valence-electron chi connectivity index (χ4n) is 1.70. The lowest BCUT2D eigenvalue weighted by Gasteiger charge is -2.26. The smallest absolute Gasteiger partial charge is 0.307 e. The number of rotatable bonds is 7. The Bertz CT molecular complexity index is 393. The van der Waals surface area contributed by atoms with Crippen molar-refractivity contribution in [3.8, 4) is 0 Å². The zero-order valence-electron chi connectivity index (χ0n) is 10.6. The average Bonchev–Trinajstić information content (AvgIpc) is 2.80. The lowest BCUT2D eigenvalue weighted by molar-refractivity contribution is -0.143. The third kappa shape index (κ3) is 4.36. The van der Waals surface area contributed by atoms with E-state index in [1.165, 1.54) is 0 Å². The Labute approximate surface area is 117 Å². The van der Waals surface area contributed by atoms with Crippen LogP contribution in [0.2, 0.25) is 0 Å². The van der Waals surface area contributed by atoms with Crippen molar-refractivity contribution in [3.05, 3.63) is 22.4 Å². The minimum absolute atomic E-state index is 0.124. The number of ether oxygens (including phenoxy) is 1. The summed E-state index contributed by atoms with van der Waals surface area (Å²) in [6, 6.07) is 1.87. The number of hydrogen-bond donors (Lipinski definition) is 1. The predicted octanol–water partition coefficient (Wildman–Crippen LogP) is 1.96. The topological polar surface area (TPSA) is 55.6 Å². The van der Waals surface area contributed by atoms with Crippen LogP contribution in [0.4, 0.5) is 0 Å². The summed E-state index contributed by atoms with van der Waals surface area (Å²) in [7, 11) is 1.90. The lowest BCUT2D eigenvalue weighted by atomic mass is 10.1. The van der Waals surface area contributed by atoms with Gasteiger partial charge in [-0.2, -0.15) is 11.3 Å². The normalized spacial score (nSPS) is 12.4. The maximum absolute atomic E-state index is 11.3. The molecule has 0 aliphatic carbocycles. The number of nitrogens with zero attached hydrogens (tertiary/aromatic N) is 1. The summed E-state index contributed by atoms with van der Waals surface area (Å²) in [4.78, 5) is 13.7. The second kappa shape index (κ2) is 7.45. The molecule has 0 aliphatic rings. The molecule has 100 valence electrons. The fraction of sp³-hybridized carbons (Fsp3) is 0.500. The number of likely N-dealkylation sites (N-methyl/N-ethyl adjacent to an activating group) is 1. The Morgan fingerprint density at radius 1 is 1.67 bits per heavy atom. The number of thiophene rings is 1. The molecule has 0 saturated carbocycles. The zero-order valence-corrected chi connectivity index (χ0v) is 12.2. The van der Waals surface area contributed by atoms with Gasteiger partial charge in [0.1, 0.15) is 0 Å². The van der Waals surface area contributed by atoms with Gasteiger partial charge in [-0.25, -0.2) is 0 Å². The fourth-order valence-corrected chi connectivity index (χ4v) is 2.69. The van der Waals surface area contributed by atoms with E-state index in [9.17, 15) is 4.79 Å². The standard InChI is InChI=1S/C12H18N2O2S2/c1-3-16-10(15)4-6-14(2)11(12(13)17)9-5-7-18-8-9/h5,7-8,11H,3-4,6H2,1-2H3,(H2,13,17). The maximum atomic E-state index is 11.3. The molecule has 0 fully saturated rings. The van der Waals surface area contributed by atoms with Gasteiger partial charge in [0.25, 0.3) is 0 Å². The molecule has 2 N–H and O–H groups in total. The summed E-state index contributed by atoms with van der Waals surface area (Å²) in [5.41, 5.74) is 6.84. The third-order valence-corrected chi connectivity index (χ3v) is 3.47. The van der Waals surface area contributed by atoms with Crippen LogP contribution < -0.4 is 5.73 Å². The van der Waals surface area contributed by atoms with Gasteiger partial charge in [0.05, 0.1) is 24.1 Å². The van der Waals surface area contributed by atoms with Crippen LogP contribution in [0.3, 0.4) is 0 Å². The Morgan fingerprint density at radius 3 is 2.89 bits per heavy atom. The molecule has 1 unspecified atom stereocenters. The molecule has 0 amide bonds. The van der Waals surface area contributed by atoms with Gasteiger partial charge in [-0.05, 0) is 36.4 Å². The van der Waals surface area contributed by atoms with Crippen LogP contribution in [0.5, 0.6) is 0 Å². The SMILES string of the molecule is CCOC(=O)CCN(C)C(C(N)=S)c1ccsc1. The van der Waals surface area contributed by atoms with Crippen LogP contribution >= 0.6 is 23.6 Å². The third-order valence-electron chi connectivity index (χ3n) is 2.54. The molecule has 1 aromatic heterocycles. The summed E-state index contributed by atoms with van der Waals surface area (Å²) in [6.07, 6.45) is 0.341. The molecule has 0 radical (unpaired) electrons. The Balaban J connectivity index is 2.59. The van der Waals surface area contributed by atoms with Crippen molar-refractivity contribution < 1.29 is 9.53 Å². The van der Waals surface area contributed by atoms with E-state index in [0.717, 1.165) is 5.56 Å². The van der Waals surface area contributed by atoms with Crippen LogP contribution in [0.1, 0.15) is 24.9 Å². The Kier molecular flexibility index (Phi) is 6.24. The summed E-state index contributed by atoms with van der Waals surface area (Å²) >= 11 is 6.70. The lowest BCUT2D eigenvalue weighted by Crippen LogP contribution is -2.35. The molecule has 0 spiro atoms. The number of nitrogens with two attached hydrogens (primary N) is 1. The second-order valence-corrected chi connectivity index (χ2v) is 5.15. The molecule has 0 saturated heterocycles. The quantitative estimate of drug-likeness (QED) is 0.613. The minimum Gasteiger partial charge on any atom is -0.466 e. The van der Waals surface area contributed by atoms with Crippen molar-refractivity contribution in [3.63, 3.8) is 0 Å². The van der Waals surface area contributed by atoms with Gasteiger partial charge in [0.2, 0.25) is 0 Å². The van der Waals surface area contributed by atoms with Gasteiger partial charge < -0.3 is 10.5 Å². The number of esters is 1. The van der Waals surface area contributed by atoms with Crippen molar-refractivity contribution in [2.45, 2.75) is 19.4 Å². The van der Waals surface area contributed by atoms with Gasteiger partial charge in [0, 0.05) is 6.54 Å². The molecule has 0 bridgehead atoms. The molecule has 0 aliphatic heterocycles. The first-order chi connectivity index (χ1) is 8.56. The number of carbonyl (C=O) groups excluding carboxylic acids is 1. The van der Waals surface area contributed by atoms with E-state index < -0.39 is 0 Å². The summed E-state index contributed by atoms with van der Waals surface area (Å²) in [5, 5.41) is 4.00.